The molecule has 28 heavy (non-hydrogen) atoms. The number of thioether (sulfide) groups is 2. The smallest absolute Gasteiger partial charge is 0.0845 e. The summed E-state index contributed by atoms with van der Waals surface area (Å²) in [6.45, 7) is 0. The van der Waals surface area contributed by atoms with E-state index in [0.717, 1.165) is 6.42 Å². The Hall–Kier alpha value is -2.42. The second kappa shape index (κ2) is 9.68. The van der Waals surface area contributed by atoms with Crippen LogP contribution in [0.5, 0.6) is 0 Å². The summed E-state index contributed by atoms with van der Waals surface area (Å²) < 4.78 is 0.315. The fourth-order valence-corrected chi connectivity index (χ4v) is 5.60. The third-order valence-electron chi connectivity index (χ3n) is 4.48. The largest absolute Gasteiger partial charge is 0.107 e. The monoisotopic (exact) mass is 398 g/mol. The van der Waals surface area contributed by atoms with Crippen molar-refractivity contribution in [3.63, 3.8) is 0 Å². The van der Waals surface area contributed by atoms with Crippen molar-refractivity contribution in [3.05, 3.63) is 132 Å². The Morgan fingerprint density at radius 3 is 1.39 bits per heavy atom. The van der Waals surface area contributed by atoms with Gasteiger partial charge >= 0.3 is 0 Å². The topological polar surface area (TPSA) is 0 Å². The molecule has 0 aliphatic rings. The quantitative estimate of drug-likeness (QED) is 0.229. The van der Waals surface area contributed by atoms with E-state index >= 15 is 0 Å². The lowest BCUT2D eigenvalue weighted by molar-refractivity contribution is 1.18. The molecule has 0 saturated carbocycles. The van der Waals surface area contributed by atoms with Gasteiger partial charge in [0.2, 0.25) is 0 Å². The van der Waals surface area contributed by atoms with Crippen LogP contribution in [0.4, 0.5) is 0 Å². The van der Waals surface area contributed by atoms with Crippen LogP contribution in [0.2, 0.25) is 0 Å². The summed E-state index contributed by atoms with van der Waals surface area (Å²) in [5, 5.41) is 0. The number of hydrogen-bond acceptors (Lipinski definition) is 2. The van der Waals surface area contributed by atoms with Crippen LogP contribution in [0, 0.1) is 0 Å². The van der Waals surface area contributed by atoms with E-state index in [9.17, 15) is 0 Å². The van der Waals surface area contributed by atoms with Crippen LogP contribution in [-0.2, 0) is 6.42 Å². The van der Waals surface area contributed by atoms with E-state index in [2.05, 4.69) is 115 Å². The van der Waals surface area contributed by atoms with Gasteiger partial charge in [0, 0.05) is 9.79 Å². The molecule has 0 atom stereocenters. The molecule has 0 bridgehead atoms. The van der Waals surface area contributed by atoms with Crippen LogP contribution in [0.3, 0.4) is 0 Å². The van der Waals surface area contributed by atoms with Gasteiger partial charge in [0.25, 0.3) is 0 Å². The first kappa shape index (κ1) is 18.9. The minimum atomic E-state index is 0.315. The van der Waals surface area contributed by atoms with Gasteiger partial charge in [-0.2, -0.15) is 0 Å². The molecule has 4 aromatic carbocycles. The SMILES string of the molecule is c1ccc(Cc2ccc(C(Sc3ccccc3)Sc3ccccc3)cc2)cc1. The first-order valence-electron chi connectivity index (χ1n) is 9.43. The molecule has 0 amide bonds. The summed E-state index contributed by atoms with van der Waals surface area (Å²) >= 11 is 3.82. The molecule has 0 unspecified atom stereocenters. The first-order chi connectivity index (χ1) is 13.9. The molecule has 0 aliphatic carbocycles. The standard InChI is InChI=1S/C26H22S2/c1-4-10-21(11-5-1)20-22-16-18-23(19-17-22)26(27-24-12-6-2-7-13-24)28-25-14-8-3-9-15-25/h1-19,26H,20H2. The second-order valence-corrected chi connectivity index (χ2v) is 9.25. The summed E-state index contributed by atoms with van der Waals surface area (Å²) in [7, 11) is 0. The average Bonchev–Trinajstić information content (AvgIpc) is 2.76. The summed E-state index contributed by atoms with van der Waals surface area (Å²) in [6.07, 6.45) is 0.976. The minimum absolute atomic E-state index is 0.315. The molecule has 0 aromatic heterocycles. The maximum absolute atomic E-state index is 2.29. The zero-order chi connectivity index (χ0) is 19.0. The molecule has 4 rings (SSSR count). The van der Waals surface area contributed by atoms with Gasteiger partial charge in [-0.25, -0.2) is 0 Å². The van der Waals surface area contributed by atoms with E-state index in [0.29, 0.717) is 4.58 Å². The predicted octanol–water partition coefficient (Wildman–Crippen LogP) is 7.86. The van der Waals surface area contributed by atoms with Crippen LogP contribution in [0.15, 0.2) is 125 Å². The van der Waals surface area contributed by atoms with Crippen molar-refractivity contribution in [2.75, 3.05) is 0 Å². The zero-order valence-corrected chi connectivity index (χ0v) is 17.2. The molecule has 0 saturated heterocycles. The van der Waals surface area contributed by atoms with Crippen molar-refractivity contribution in [2.24, 2.45) is 0 Å². The second-order valence-electron chi connectivity index (χ2n) is 6.60. The molecule has 0 radical (unpaired) electrons. The highest BCUT2D eigenvalue weighted by molar-refractivity contribution is 8.16. The van der Waals surface area contributed by atoms with Crippen LogP contribution < -0.4 is 0 Å². The molecule has 0 N–H and O–H groups in total. The molecule has 0 spiro atoms. The van der Waals surface area contributed by atoms with Crippen LogP contribution >= 0.6 is 23.5 Å². The Morgan fingerprint density at radius 1 is 0.464 bits per heavy atom. The lowest BCUT2D eigenvalue weighted by Crippen LogP contribution is -1.92. The maximum Gasteiger partial charge on any atom is 0.0845 e. The molecule has 138 valence electrons. The molecule has 0 aliphatic heterocycles. The van der Waals surface area contributed by atoms with Crippen molar-refractivity contribution in [1.82, 2.24) is 0 Å². The number of rotatable bonds is 7. The molecule has 0 nitrogen and oxygen atoms in total. The van der Waals surface area contributed by atoms with E-state index < -0.39 is 0 Å². The summed E-state index contributed by atoms with van der Waals surface area (Å²) in [4.78, 5) is 2.59. The fourth-order valence-electron chi connectivity index (χ4n) is 3.03. The first-order valence-corrected chi connectivity index (χ1v) is 11.2. The Morgan fingerprint density at radius 2 is 0.893 bits per heavy atom. The molecular formula is C26H22S2. The van der Waals surface area contributed by atoms with Gasteiger partial charge in [0.1, 0.15) is 0 Å². The highest BCUT2D eigenvalue weighted by atomic mass is 32.2. The van der Waals surface area contributed by atoms with E-state index in [1.165, 1.54) is 26.5 Å². The average molecular weight is 399 g/mol. The highest BCUT2D eigenvalue weighted by Gasteiger charge is 2.15. The van der Waals surface area contributed by atoms with E-state index in [1.807, 2.05) is 23.5 Å². The summed E-state index contributed by atoms with van der Waals surface area (Å²) in [5.74, 6) is 0. The molecule has 0 fully saturated rings. The summed E-state index contributed by atoms with van der Waals surface area (Å²) in [5.41, 5.74) is 4.05. The Labute approximate surface area is 176 Å². The van der Waals surface area contributed by atoms with Gasteiger partial charge in [-0.3, -0.25) is 0 Å². The lowest BCUT2D eigenvalue weighted by Gasteiger charge is -2.17. The Balaban J connectivity index is 1.54. The molecule has 0 heterocycles. The lowest BCUT2D eigenvalue weighted by atomic mass is 10.0. The number of hydrogen-bond donors (Lipinski definition) is 0. The van der Waals surface area contributed by atoms with Crippen molar-refractivity contribution in [3.8, 4) is 0 Å². The summed E-state index contributed by atoms with van der Waals surface area (Å²) in [6, 6.07) is 41.1. The molecule has 2 heteroatoms. The third-order valence-corrected chi connectivity index (χ3v) is 7.11. The molecule has 4 aromatic rings. The van der Waals surface area contributed by atoms with Gasteiger partial charge < -0.3 is 0 Å². The Kier molecular flexibility index (Phi) is 6.54. The van der Waals surface area contributed by atoms with Gasteiger partial charge in [0.05, 0.1) is 4.58 Å². The van der Waals surface area contributed by atoms with Gasteiger partial charge in [-0.05, 0) is 47.4 Å². The minimum Gasteiger partial charge on any atom is -0.107 e. The van der Waals surface area contributed by atoms with Crippen molar-refractivity contribution in [1.29, 1.82) is 0 Å². The van der Waals surface area contributed by atoms with Gasteiger partial charge in [-0.1, -0.05) is 91.0 Å². The normalized spacial score (nSPS) is 10.9. The zero-order valence-electron chi connectivity index (χ0n) is 15.6. The fraction of sp³-hybridized carbons (Fsp3) is 0.0769. The van der Waals surface area contributed by atoms with Gasteiger partial charge in [0.15, 0.2) is 0 Å². The van der Waals surface area contributed by atoms with Crippen LogP contribution in [0.1, 0.15) is 21.3 Å². The van der Waals surface area contributed by atoms with Crippen molar-refractivity contribution in [2.45, 2.75) is 20.8 Å². The van der Waals surface area contributed by atoms with Gasteiger partial charge in [-0.15, -0.1) is 23.5 Å². The van der Waals surface area contributed by atoms with E-state index in [-0.39, 0.29) is 0 Å². The highest BCUT2D eigenvalue weighted by Crippen LogP contribution is 2.46. The third kappa shape index (κ3) is 5.31. The van der Waals surface area contributed by atoms with Crippen LogP contribution in [0.25, 0.3) is 0 Å². The van der Waals surface area contributed by atoms with Crippen molar-refractivity contribution < 1.29 is 0 Å². The number of benzene rings is 4. The Bertz CT molecular complexity index is 924. The van der Waals surface area contributed by atoms with E-state index in [4.69, 9.17) is 0 Å². The molecular weight excluding hydrogens is 376 g/mol. The van der Waals surface area contributed by atoms with Crippen molar-refractivity contribution >= 4 is 23.5 Å². The predicted molar refractivity (Wildman–Crippen MR) is 123 cm³/mol. The maximum atomic E-state index is 2.29. The van der Waals surface area contributed by atoms with E-state index in [1.54, 1.807) is 0 Å². The van der Waals surface area contributed by atoms with Crippen LogP contribution in [-0.4, -0.2) is 0 Å².